The van der Waals surface area contributed by atoms with E-state index in [-0.39, 0.29) is 0 Å². The zero-order valence-electron chi connectivity index (χ0n) is 6.62. The van der Waals surface area contributed by atoms with Gasteiger partial charge in [0.15, 0.2) is 5.82 Å². The van der Waals surface area contributed by atoms with E-state index < -0.39 is 0 Å². The lowest BCUT2D eigenvalue weighted by Gasteiger charge is -1.96. The molecule has 13 heavy (non-hydrogen) atoms. The number of hydrogen-bond acceptors (Lipinski definition) is 4. The third-order valence-electron chi connectivity index (χ3n) is 1.50. The molecule has 0 spiro atoms. The average Bonchev–Trinajstić information content (AvgIpc) is 2.71. The van der Waals surface area contributed by atoms with Gasteiger partial charge in [-0.2, -0.15) is 15.5 Å². The topological polar surface area (TPSA) is 67.4 Å². The molecule has 0 saturated heterocycles. The Morgan fingerprint density at radius 2 is 2.00 bits per heavy atom. The van der Waals surface area contributed by atoms with E-state index in [0.29, 0.717) is 11.4 Å². The lowest BCUT2D eigenvalue weighted by Crippen LogP contribution is -2.00. The van der Waals surface area contributed by atoms with Gasteiger partial charge in [0.05, 0.1) is 18.0 Å². The predicted molar refractivity (Wildman–Crippen MR) is 43.9 cm³/mol. The van der Waals surface area contributed by atoms with E-state index in [1.54, 1.807) is 24.5 Å². The van der Waals surface area contributed by atoms with E-state index in [0.717, 1.165) is 0 Å². The molecular formula is C8H5N5. The number of rotatable bonds is 1. The fourth-order valence-electron chi connectivity index (χ4n) is 0.905. The number of nitrogens with zero attached hydrogens (tertiary/aromatic N) is 5. The average molecular weight is 171 g/mol. The Hall–Kier alpha value is -2.22. The minimum absolute atomic E-state index is 0.524. The van der Waals surface area contributed by atoms with Gasteiger partial charge < -0.3 is 0 Å². The Bertz CT molecular complexity index is 423. The van der Waals surface area contributed by atoms with Crippen LogP contribution in [0.4, 0.5) is 0 Å². The Morgan fingerprint density at radius 3 is 2.54 bits per heavy atom. The summed E-state index contributed by atoms with van der Waals surface area (Å²) in [4.78, 5) is 5.40. The molecule has 0 aliphatic rings. The summed E-state index contributed by atoms with van der Waals surface area (Å²) in [5.74, 6) is 0.601. The Labute approximate surface area is 74.3 Å². The van der Waals surface area contributed by atoms with Crippen molar-refractivity contribution >= 4 is 0 Å². The first-order chi connectivity index (χ1) is 6.40. The van der Waals surface area contributed by atoms with Gasteiger partial charge in [-0.3, -0.25) is 0 Å². The van der Waals surface area contributed by atoms with Gasteiger partial charge >= 0.3 is 0 Å². The molecule has 0 radical (unpaired) electrons. The van der Waals surface area contributed by atoms with Crippen LogP contribution in [0.3, 0.4) is 0 Å². The number of nitriles is 1. The number of aromatic nitrogens is 4. The van der Waals surface area contributed by atoms with Crippen molar-refractivity contribution < 1.29 is 0 Å². The molecule has 0 aromatic carbocycles. The maximum Gasteiger partial charge on any atom is 0.174 e. The lowest BCUT2D eigenvalue weighted by molar-refractivity contribution is 0.729. The van der Waals surface area contributed by atoms with Gasteiger partial charge in [-0.05, 0) is 12.1 Å². The largest absolute Gasteiger partial charge is 0.234 e. The minimum atomic E-state index is 0.524. The highest BCUT2D eigenvalue weighted by molar-refractivity contribution is 5.30. The van der Waals surface area contributed by atoms with Crippen molar-refractivity contribution in [1.82, 2.24) is 20.0 Å². The molecule has 0 aliphatic carbocycles. The van der Waals surface area contributed by atoms with Gasteiger partial charge in [0, 0.05) is 6.20 Å². The molecule has 5 nitrogen and oxygen atoms in total. The van der Waals surface area contributed by atoms with E-state index in [2.05, 4.69) is 15.2 Å². The monoisotopic (exact) mass is 171 g/mol. The van der Waals surface area contributed by atoms with Crippen molar-refractivity contribution in [2.45, 2.75) is 0 Å². The molecule has 2 heterocycles. The molecule has 0 saturated carbocycles. The predicted octanol–water partition coefficient (Wildman–Crippen LogP) is 0.534. The van der Waals surface area contributed by atoms with Crippen LogP contribution in [0.5, 0.6) is 0 Å². The van der Waals surface area contributed by atoms with Gasteiger partial charge in [0.1, 0.15) is 6.07 Å². The summed E-state index contributed by atoms with van der Waals surface area (Å²) in [6.45, 7) is 0. The molecule has 2 aromatic rings. The van der Waals surface area contributed by atoms with Crippen molar-refractivity contribution in [1.29, 1.82) is 5.26 Å². The standard InChI is InChI=1S/C8H5N5/c9-5-7-1-2-8(10-6-7)13-11-3-4-12-13/h1-4,6H. The van der Waals surface area contributed by atoms with E-state index >= 15 is 0 Å². The van der Waals surface area contributed by atoms with Crippen molar-refractivity contribution in [3.63, 3.8) is 0 Å². The number of hydrogen-bond donors (Lipinski definition) is 0. The maximum atomic E-state index is 8.53. The smallest absolute Gasteiger partial charge is 0.174 e. The molecule has 0 bridgehead atoms. The molecule has 0 atom stereocenters. The fraction of sp³-hybridized carbons (Fsp3) is 0. The molecule has 2 rings (SSSR count). The van der Waals surface area contributed by atoms with Gasteiger partial charge in [-0.25, -0.2) is 4.98 Å². The van der Waals surface area contributed by atoms with Crippen LogP contribution in [0, 0.1) is 11.3 Å². The van der Waals surface area contributed by atoms with Crippen molar-refractivity contribution in [3.8, 4) is 11.9 Å². The van der Waals surface area contributed by atoms with Crippen LogP contribution >= 0.6 is 0 Å². The second kappa shape index (κ2) is 3.03. The molecule has 5 heteroatoms. The first-order valence-corrected chi connectivity index (χ1v) is 3.63. The summed E-state index contributed by atoms with van der Waals surface area (Å²) in [6.07, 6.45) is 4.62. The first kappa shape index (κ1) is 7.43. The zero-order valence-corrected chi connectivity index (χ0v) is 6.62. The fourth-order valence-corrected chi connectivity index (χ4v) is 0.905. The van der Waals surface area contributed by atoms with Crippen LogP contribution < -0.4 is 0 Å². The van der Waals surface area contributed by atoms with E-state index in [1.807, 2.05) is 6.07 Å². The number of pyridine rings is 1. The summed E-state index contributed by atoms with van der Waals surface area (Å²) in [5, 5.41) is 16.3. The molecule has 62 valence electrons. The normalized spacial score (nSPS) is 9.46. The van der Waals surface area contributed by atoms with Gasteiger partial charge in [0.2, 0.25) is 0 Å². The van der Waals surface area contributed by atoms with Crippen molar-refractivity contribution in [3.05, 3.63) is 36.3 Å². The van der Waals surface area contributed by atoms with Crippen LogP contribution in [0.2, 0.25) is 0 Å². The third kappa shape index (κ3) is 1.37. The molecule has 0 amide bonds. The van der Waals surface area contributed by atoms with E-state index in [9.17, 15) is 0 Å². The van der Waals surface area contributed by atoms with E-state index in [1.165, 1.54) is 11.0 Å². The SMILES string of the molecule is N#Cc1ccc(-n2nccn2)nc1. The van der Waals surface area contributed by atoms with Crippen LogP contribution in [0.15, 0.2) is 30.7 Å². The van der Waals surface area contributed by atoms with E-state index in [4.69, 9.17) is 5.26 Å². The molecule has 0 unspecified atom stereocenters. The van der Waals surface area contributed by atoms with Crippen molar-refractivity contribution in [2.75, 3.05) is 0 Å². The third-order valence-corrected chi connectivity index (χ3v) is 1.50. The summed E-state index contributed by atoms with van der Waals surface area (Å²) in [7, 11) is 0. The molecule has 2 aromatic heterocycles. The Morgan fingerprint density at radius 1 is 1.23 bits per heavy atom. The van der Waals surface area contributed by atoms with Gasteiger partial charge in [-0.1, -0.05) is 0 Å². The molecular weight excluding hydrogens is 166 g/mol. The van der Waals surface area contributed by atoms with Gasteiger partial charge in [0.25, 0.3) is 0 Å². The highest BCUT2D eigenvalue weighted by atomic mass is 15.5. The molecule has 0 aliphatic heterocycles. The van der Waals surface area contributed by atoms with Crippen LogP contribution in [0.1, 0.15) is 5.56 Å². The molecule has 0 fully saturated rings. The quantitative estimate of drug-likeness (QED) is 0.627. The summed E-state index contributed by atoms with van der Waals surface area (Å²) >= 11 is 0. The minimum Gasteiger partial charge on any atom is -0.234 e. The summed E-state index contributed by atoms with van der Waals surface area (Å²) < 4.78 is 0. The highest BCUT2D eigenvalue weighted by Crippen LogP contribution is 2.01. The second-order valence-corrected chi connectivity index (χ2v) is 2.34. The zero-order chi connectivity index (χ0) is 9.10. The Balaban J connectivity index is 2.40. The first-order valence-electron chi connectivity index (χ1n) is 3.63. The second-order valence-electron chi connectivity index (χ2n) is 2.34. The van der Waals surface area contributed by atoms with Crippen molar-refractivity contribution in [2.24, 2.45) is 0 Å². The summed E-state index contributed by atoms with van der Waals surface area (Å²) in [6, 6.07) is 5.35. The van der Waals surface area contributed by atoms with Gasteiger partial charge in [-0.15, -0.1) is 4.80 Å². The van der Waals surface area contributed by atoms with Crippen LogP contribution in [-0.4, -0.2) is 20.0 Å². The molecule has 0 N–H and O–H groups in total. The van der Waals surface area contributed by atoms with Crippen LogP contribution in [0.25, 0.3) is 5.82 Å². The van der Waals surface area contributed by atoms with Crippen LogP contribution in [-0.2, 0) is 0 Å². The Kier molecular flexibility index (Phi) is 1.73. The summed E-state index contributed by atoms with van der Waals surface area (Å²) in [5.41, 5.74) is 0.524. The highest BCUT2D eigenvalue weighted by Gasteiger charge is 1.97. The maximum absolute atomic E-state index is 8.53. The lowest BCUT2D eigenvalue weighted by atomic mass is 10.3.